The average Bonchev–Trinajstić information content (AvgIpc) is 2.04. The van der Waals surface area contributed by atoms with Crippen LogP contribution in [-0.4, -0.2) is 0 Å². The van der Waals surface area contributed by atoms with Crippen LogP contribution in [0, 0.1) is 0 Å². The molecule has 0 atom stereocenters. The maximum Gasteiger partial charge on any atom is -0.0224 e. The Morgan fingerprint density at radius 1 is 0.667 bits per heavy atom. The maximum absolute atomic E-state index is 4.04. The van der Waals surface area contributed by atoms with Gasteiger partial charge in [-0.2, -0.15) is 0 Å². The molecule has 0 saturated carbocycles. The summed E-state index contributed by atoms with van der Waals surface area (Å²) in [6.45, 7) is 8.08. The summed E-state index contributed by atoms with van der Waals surface area (Å²) in [5, 5.41) is 0. The van der Waals surface area contributed by atoms with Crippen molar-refractivity contribution in [1.82, 2.24) is 0 Å². The van der Waals surface area contributed by atoms with E-state index in [9.17, 15) is 0 Å². The lowest BCUT2D eigenvalue weighted by Crippen LogP contribution is -2.12. The maximum atomic E-state index is 4.04. The number of hydrogen-bond acceptors (Lipinski definition) is 0. The summed E-state index contributed by atoms with van der Waals surface area (Å²) in [4.78, 5) is 0. The molecule has 2 aliphatic rings. The van der Waals surface area contributed by atoms with Gasteiger partial charge in [-0.25, -0.2) is 0 Å². The molecule has 0 aromatic heterocycles. The Balaban J connectivity index is 2.22. The molecule has 64 valence electrons. The van der Waals surface area contributed by atoms with Gasteiger partial charge in [0.1, 0.15) is 0 Å². The highest BCUT2D eigenvalue weighted by molar-refractivity contribution is 5.67. The van der Waals surface area contributed by atoms with Crippen molar-refractivity contribution in [3.8, 4) is 0 Å². The molecule has 0 aromatic rings. The predicted octanol–water partition coefficient (Wildman–Crippen LogP) is 3.76. The lowest BCUT2D eigenvalue weighted by Gasteiger charge is -2.31. The Bertz CT molecular complexity index is 238. The summed E-state index contributed by atoms with van der Waals surface area (Å²) in [5.74, 6) is 0. The van der Waals surface area contributed by atoms with Crippen molar-refractivity contribution in [2.75, 3.05) is 0 Å². The van der Waals surface area contributed by atoms with Crippen LogP contribution in [0.3, 0.4) is 0 Å². The molecule has 0 saturated heterocycles. The molecule has 0 aliphatic heterocycles. The van der Waals surface area contributed by atoms with Crippen molar-refractivity contribution in [3.05, 3.63) is 35.5 Å². The molecule has 0 nitrogen and oxygen atoms in total. The molecule has 0 bridgehead atoms. The first-order chi connectivity index (χ1) is 5.80. The minimum Gasteiger partial charge on any atom is -0.0909 e. The van der Waals surface area contributed by atoms with Crippen molar-refractivity contribution in [2.24, 2.45) is 0 Å². The van der Waals surface area contributed by atoms with E-state index in [1.807, 2.05) is 0 Å². The number of hydrogen-bond donors (Lipinski definition) is 0. The van der Waals surface area contributed by atoms with E-state index in [0.717, 1.165) is 0 Å². The lowest BCUT2D eigenvalue weighted by atomic mass is 9.74. The van der Waals surface area contributed by atoms with Crippen LogP contribution in [0.25, 0.3) is 0 Å². The van der Waals surface area contributed by atoms with E-state index in [-0.39, 0.29) is 0 Å². The summed E-state index contributed by atoms with van der Waals surface area (Å²) in [7, 11) is 0. The molecular weight excluding hydrogens is 144 g/mol. The second kappa shape index (κ2) is 2.93. The largest absolute Gasteiger partial charge is 0.0909 e. The van der Waals surface area contributed by atoms with E-state index in [2.05, 4.69) is 13.2 Å². The quantitative estimate of drug-likeness (QED) is 0.506. The van der Waals surface area contributed by atoms with Crippen LogP contribution in [0.2, 0.25) is 0 Å². The van der Waals surface area contributed by atoms with Gasteiger partial charge in [-0.15, -0.1) is 0 Å². The highest BCUT2D eigenvalue weighted by Gasteiger charge is 2.25. The van der Waals surface area contributed by atoms with Crippen LogP contribution >= 0.6 is 0 Å². The third-order valence-electron chi connectivity index (χ3n) is 3.06. The van der Waals surface area contributed by atoms with E-state index >= 15 is 0 Å². The minimum atomic E-state index is 1.24. The molecule has 0 radical (unpaired) electrons. The fourth-order valence-corrected chi connectivity index (χ4v) is 2.23. The molecule has 2 aliphatic carbocycles. The van der Waals surface area contributed by atoms with Crippen molar-refractivity contribution >= 4 is 0 Å². The fourth-order valence-electron chi connectivity index (χ4n) is 2.23. The van der Waals surface area contributed by atoms with Crippen LogP contribution in [0.1, 0.15) is 38.5 Å². The van der Waals surface area contributed by atoms with E-state index in [1.54, 1.807) is 11.1 Å². The molecule has 12 heavy (non-hydrogen) atoms. The van der Waals surface area contributed by atoms with Gasteiger partial charge in [-0.05, 0) is 48.0 Å². The van der Waals surface area contributed by atoms with Crippen molar-refractivity contribution < 1.29 is 0 Å². The summed E-state index contributed by atoms with van der Waals surface area (Å²) >= 11 is 0. The second-order valence-electron chi connectivity index (χ2n) is 3.83. The Morgan fingerprint density at radius 3 is 1.50 bits per heavy atom. The van der Waals surface area contributed by atoms with Gasteiger partial charge >= 0.3 is 0 Å². The minimum absolute atomic E-state index is 1.24. The van der Waals surface area contributed by atoms with Gasteiger partial charge in [0.05, 0.1) is 0 Å². The van der Waals surface area contributed by atoms with Gasteiger partial charge in [0, 0.05) is 0 Å². The topological polar surface area (TPSA) is 0 Å². The molecule has 2 rings (SSSR count). The molecule has 0 amide bonds. The standard InChI is InChI=1S/C12H16/c1-9-10(2)12-8-6-4-3-5-7-11(9)12/h1-8H2. The van der Waals surface area contributed by atoms with Crippen LogP contribution in [-0.2, 0) is 0 Å². The van der Waals surface area contributed by atoms with E-state index in [0.29, 0.717) is 0 Å². The predicted molar refractivity (Wildman–Crippen MR) is 53.0 cm³/mol. The number of allylic oxidation sites excluding steroid dienone is 4. The van der Waals surface area contributed by atoms with Crippen LogP contribution in [0.5, 0.6) is 0 Å². The SMILES string of the molecule is C=C1C(=C)C2=C1CCCCCC2. The Labute approximate surface area is 74.7 Å². The lowest BCUT2D eigenvalue weighted by molar-refractivity contribution is 0.608. The van der Waals surface area contributed by atoms with Crippen LogP contribution in [0.15, 0.2) is 35.5 Å². The van der Waals surface area contributed by atoms with Crippen molar-refractivity contribution in [1.29, 1.82) is 0 Å². The monoisotopic (exact) mass is 160 g/mol. The normalized spacial score (nSPS) is 24.3. The van der Waals surface area contributed by atoms with Gasteiger partial charge in [-0.3, -0.25) is 0 Å². The second-order valence-corrected chi connectivity index (χ2v) is 3.83. The molecule has 0 unspecified atom stereocenters. The number of rotatable bonds is 0. The zero-order chi connectivity index (χ0) is 8.55. The molecule has 0 fully saturated rings. The Morgan fingerprint density at radius 2 is 1.08 bits per heavy atom. The van der Waals surface area contributed by atoms with Gasteiger partial charge in [0.15, 0.2) is 0 Å². The zero-order valence-electron chi connectivity index (χ0n) is 7.66. The third kappa shape index (κ3) is 1.06. The van der Waals surface area contributed by atoms with Crippen molar-refractivity contribution in [2.45, 2.75) is 38.5 Å². The molecule has 0 heterocycles. The first-order valence-electron chi connectivity index (χ1n) is 4.91. The first-order valence-corrected chi connectivity index (χ1v) is 4.91. The van der Waals surface area contributed by atoms with E-state index in [4.69, 9.17) is 0 Å². The molecule has 0 aromatic carbocycles. The zero-order valence-corrected chi connectivity index (χ0v) is 7.66. The first kappa shape index (κ1) is 7.85. The van der Waals surface area contributed by atoms with Crippen molar-refractivity contribution in [3.63, 3.8) is 0 Å². The average molecular weight is 160 g/mol. The van der Waals surface area contributed by atoms with Crippen LogP contribution < -0.4 is 0 Å². The van der Waals surface area contributed by atoms with Crippen LogP contribution in [0.4, 0.5) is 0 Å². The van der Waals surface area contributed by atoms with Gasteiger partial charge in [0.2, 0.25) is 0 Å². The van der Waals surface area contributed by atoms with E-state index in [1.165, 1.54) is 49.7 Å². The highest BCUT2D eigenvalue weighted by atomic mass is 14.3. The molecule has 0 heteroatoms. The highest BCUT2D eigenvalue weighted by Crippen LogP contribution is 2.43. The summed E-state index contributed by atoms with van der Waals surface area (Å²) < 4.78 is 0. The molecule has 0 spiro atoms. The summed E-state index contributed by atoms with van der Waals surface area (Å²) in [5.41, 5.74) is 5.57. The Kier molecular flexibility index (Phi) is 1.92. The fraction of sp³-hybridized carbons (Fsp3) is 0.500. The van der Waals surface area contributed by atoms with E-state index < -0.39 is 0 Å². The summed E-state index contributed by atoms with van der Waals surface area (Å²) in [6, 6.07) is 0. The smallest absolute Gasteiger partial charge is 0.0224 e. The summed E-state index contributed by atoms with van der Waals surface area (Å²) in [6.07, 6.45) is 8.02. The van der Waals surface area contributed by atoms with Gasteiger partial charge in [0.25, 0.3) is 0 Å². The van der Waals surface area contributed by atoms with Gasteiger partial charge < -0.3 is 0 Å². The molecule has 0 N–H and O–H groups in total. The third-order valence-corrected chi connectivity index (χ3v) is 3.06. The Hall–Kier alpha value is -0.780. The van der Waals surface area contributed by atoms with Gasteiger partial charge in [-0.1, -0.05) is 26.0 Å². The molecular formula is C12H16.